The molecule has 0 atom stereocenters. The number of imide groups is 1. The molecule has 2 aromatic carbocycles. The van der Waals surface area contributed by atoms with E-state index in [4.69, 9.17) is 4.74 Å². The molecule has 3 amide bonds. The highest BCUT2D eigenvalue weighted by Gasteiger charge is 2.44. The van der Waals surface area contributed by atoms with E-state index in [0.717, 1.165) is 0 Å². The highest BCUT2D eigenvalue weighted by Crippen LogP contribution is 2.29. The number of rotatable bonds is 7. The molecule has 7 nitrogen and oxygen atoms in total. The molecule has 0 saturated carbocycles. The Labute approximate surface area is 168 Å². The van der Waals surface area contributed by atoms with Crippen LogP contribution in [0.4, 0.5) is 5.69 Å². The maximum atomic E-state index is 12.6. The van der Waals surface area contributed by atoms with E-state index in [-0.39, 0.29) is 36.7 Å². The van der Waals surface area contributed by atoms with Gasteiger partial charge in [0.1, 0.15) is 6.61 Å². The van der Waals surface area contributed by atoms with Gasteiger partial charge in [-0.15, -0.1) is 0 Å². The van der Waals surface area contributed by atoms with Crippen LogP contribution in [0.15, 0.2) is 48.5 Å². The van der Waals surface area contributed by atoms with E-state index in [1.807, 2.05) is 0 Å². The number of benzene rings is 2. The quantitative estimate of drug-likeness (QED) is 0.576. The lowest BCUT2D eigenvalue weighted by Crippen LogP contribution is -2.50. The van der Waals surface area contributed by atoms with Crippen LogP contribution < -0.4 is 5.32 Å². The SMILES string of the molecule is CC(=O)Nc1ccc(C(=O)COCC(C)(C)N2C(=O)c3ccccc3C2=O)cc1. The molecule has 0 spiro atoms. The first-order chi connectivity index (χ1) is 13.7. The highest BCUT2D eigenvalue weighted by molar-refractivity contribution is 6.21. The van der Waals surface area contributed by atoms with Crippen molar-refractivity contribution in [2.45, 2.75) is 26.3 Å². The summed E-state index contributed by atoms with van der Waals surface area (Å²) >= 11 is 0. The number of fused-ring (bicyclic) bond motifs is 1. The average Bonchev–Trinajstić information content (AvgIpc) is 2.93. The summed E-state index contributed by atoms with van der Waals surface area (Å²) in [6.07, 6.45) is 0. The third-order valence-corrected chi connectivity index (χ3v) is 4.62. The number of anilines is 1. The Hall–Kier alpha value is -3.32. The minimum absolute atomic E-state index is 0.0220. The third-order valence-electron chi connectivity index (χ3n) is 4.62. The van der Waals surface area contributed by atoms with Crippen LogP contribution in [0.3, 0.4) is 0 Å². The minimum atomic E-state index is -0.914. The van der Waals surface area contributed by atoms with Crippen molar-refractivity contribution in [2.75, 3.05) is 18.5 Å². The lowest BCUT2D eigenvalue weighted by Gasteiger charge is -2.33. The Morgan fingerprint density at radius 3 is 2.03 bits per heavy atom. The van der Waals surface area contributed by atoms with Gasteiger partial charge in [-0.1, -0.05) is 12.1 Å². The largest absolute Gasteiger partial charge is 0.371 e. The lowest BCUT2D eigenvalue weighted by atomic mass is 10.0. The van der Waals surface area contributed by atoms with Crippen molar-refractivity contribution >= 4 is 29.2 Å². The maximum absolute atomic E-state index is 12.6. The van der Waals surface area contributed by atoms with E-state index < -0.39 is 5.54 Å². The molecule has 0 aliphatic carbocycles. The van der Waals surface area contributed by atoms with E-state index in [9.17, 15) is 19.2 Å². The Morgan fingerprint density at radius 1 is 0.966 bits per heavy atom. The molecule has 0 radical (unpaired) electrons. The van der Waals surface area contributed by atoms with Crippen molar-refractivity contribution in [3.05, 3.63) is 65.2 Å². The number of carbonyl (C=O) groups excluding carboxylic acids is 4. The van der Waals surface area contributed by atoms with Crippen LogP contribution >= 0.6 is 0 Å². The number of carbonyl (C=O) groups is 4. The molecule has 1 aliphatic rings. The zero-order valence-electron chi connectivity index (χ0n) is 16.5. The Balaban J connectivity index is 1.60. The number of ketones is 1. The Morgan fingerprint density at radius 2 is 1.52 bits per heavy atom. The van der Waals surface area contributed by atoms with Gasteiger partial charge in [-0.3, -0.25) is 24.1 Å². The summed E-state index contributed by atoms with van der Waals surface area (Å²) in [6.45, 7) is 4.69. The number of Topliss-reactive ketones (excluding diaryl/α,β-unsaturated/α-hetero) is 1. The molecule has 0 saturated heterocycles. The minimum Gasteiger partial charge on any atom is -0.371 e. The summed E-state index contributed by atoms with van der Waals surface area (Å²) in [6, 6.07) is 13.2. The van der Waals surface area contributed by atoms with Crippen LogP contribution in [-0.4, -0.2) is 47.2 Å². The average molecular weight is 394 g/mol. The second-order valence-corrected chi connectivity index (χ2v) is 7.48. The summed E-state index contributed by atoms with van der Waals surface area (Å²) in [5, 5.41) is 2.63. The van der Waals surface area contributed by atoms with E-state index in [1.165, 1.54) is 11.8 Å². The normalized spacial score (nSPS) is 13.4. The molecule has 0 unspecified atom stereocenters. The molecule has 0 fully saturated rings. The first-order valence-corrected chi connectivity index (χ1v) is 9.17. The van der Waals surface area contributed by atoms with Gasteiger partial charge in [-0.25, -0.2) is 0 Å². The first-order valence-electron chi connectivity index (χ1n) is 9.17. The molecule has 1 N–H and O–H groups in total. The molecular formula is C22H22N2O5. The summed E-state index contributed by atoms with van der Waals surface area (Å²) in [4.78, 5) is 49.8. The molecule has 2 aromatic rings. The molecule has 150 valence electrons. The number of amides is 3. The lowest BCUT2D eigenvalue weighted by molar-refractivity contribution is -0.114. The summed E-state index contributed by atoms with van der Waals surface area (Å²) in [7, 11) is 0. The van der Waals surface area contributed by atoms with Crippen molar-refractivity contribution in [3.63, 3.8) is 0 Å². The molecule has 7 heteroatoms. The standard InChI is InChI=1S/C22H22N2O5/c1-14(25)23-16-10-8-15(9-11-16)19(26)12-29-13-22(2,3)24-20(27)17-6-4-5-7-18(17)21(24)28/h4-11H,12-13H2,1-3H3,(H,23,25). The van der Waals surface area contributed by atoms with Gasteiger partial charge < -0.3 is 10.1 Å². The summed E-state index contributed by atoms with van der Waals surface area (Å²) in [5.41, 5.74) is 0.879. The fourth-order valence-electron chi connectivity index (χ4n) is 3.22. The number of nitrogens with zero attached hydrogens (tertiary/aromatic N) is 1. The van der Waals surface area contributed by atoms with Crippen LogP contribution in [-0.2, 0) is 9.53 Å². The monoisotopic (exact) mass is 394 g/mol. The zero-order chi connectivity index (χ0) is 21.2. The molecular weight excluding hydrogens is 372 g/mol. The second-order valence-electron chi connectivity index (χ2n) is 7.48. The van der Waals surface area contributed by atoms with E-state index in [2.05, 4.69) is 5.32 Å². The van der Waals surface area contributed by atoms with Crippen molar-refractivity contribution in [1.29, 1.82) is 0 Å². The van der Waals surface area contributed by atoms with Gasteiger partial charge in [0.05, 0.1) is 23.3 Å². The van der Waals surface area contributed by atoms with Crippen molar-refractivity contribution in [1.82, 2.24) is 4.90 Å². The number of hydrogen-bond donors (Lipinski definition) is 1. The van der Waals surface area contributed by atoms with Gasteiger partial charge in [0.2, 0.25) is 5.91 Å². The fourth-order valence-corrected chi connectivity index (χ4v) is 3.22. The van der Waals surface area contributed by atoms with Crippen LogP contribution in [0.2, 0.25) is 0 Å². The van der Waals surface area contributed by atoms with Crippen molar-refractivity contribution < 1.29 is 23.9 Å². The van der Waals surface area contributed by atoms with Crippen molar-refractivity contribution in [3.8, 4) is 0 Å². The van der Waals surface area contributed by atoms with Gasteiger partial charge in [0.15, 0.2) is 5.78 Å². The van der Waals surface area contributed by atoms with E-state index >= 15 is 0 Å². The van der Waals surface area contributed by atoms with Gasteiger partial charge in [0, 0.05) is 18.2 Å². The van der Waals surface area contributed by atoms with E-state index in [0.29, 0.717) is 22.4 Å². The predicted octanol–water partition coefficient (Wildman–Crippen LogP) is 2.92. The molecule has 3 rings (SSSR count). The maximum Gasteiger partial charge on any atom is 0.262 e. The third kappa shape index (κ3) is 4.25. The second kappa shape index (κ2) is 7.97. The van der Waals surface area contributed by atoms with Gasteiger partial charge in [-0.05, 0) is 50.2 Å². The van der Waals surface area contributed by atoms with Crippen LogP contribution in [0.1, 0.15) is 51.8 Å². The molecule has 1 heterocycles. The Bertz CT molecular complexity index is 944. The first kappa shape index (κ1) is 20.4. The Kier molecular flexibility index (Phi) is 5.61. The summed E-state index contributed by atoms with van der Waals surface area (Å²) < 4.78 is 5.55. The van der Waals surface area contributed by atoms with Gasteiger partial charge in [0.25, 0.3) is 11.8 Å². The fraction of sp³-hybridized carbons (Fsp3) is 0.273. The smallest absolute Gasteiger partial charge is 0.262 e. The number of ether oxygens (including phenoxy) is 1. The molecule has 1 aliphatic heterocycles. The zero-order valence-corrected chi connectivity index (χ0v) is 16.5. The highest BCUT2D eigenvalue weighted by atomic mass is 16.5. The summed E-state index contributed by atoms with van der Waals surface area (Å²) in [5.74, 6) is -1.15. The number of nitrogens with one attached hydrogen (secondary N) is 1. The molecule has 29 heavy (non-hydrogen) atoms. The van der Waals surface area contributed by atoms with Crippen LogP contribution in [0.25, 0.3) is 0 Å². The van der Waals surface area contributed by atoms with Crippen LogP contribution in [0.5, 0.6) is 0 Å². The van der Waals surface area contributed by atoms with Gasteiger partial charge in [-0.2, -0.15) is 0 Å². The van der Waals surface area contributed by atoms with Gasteiger partial charge >= 0.3 is 0 Å². The molecule has 0 aromatic heterocycles. The van der Waals surface area contributed by atoms with E-state index in [1.54, 1.807) is 62.4 Å². The van der Waals surface area contributed by atoms with Crippen LogP contribution in [0, 0.1) is 0 Å². The topological polar surface area (TPSA) is 92.8 Å². The molecule has 0 bridgehead atoms. The van der Waals surface area contributed by atoms with Crippen molar-refractivity contribution in [2.24, 2.45) is 0 Å². The number of hydrogen-bond acceptors (Lipinski definition) is 5. The predicted molar refractivity (Wildman–Crippen MR) is 107 cm³/mol.